The number of aliphatic hydroxyl groups excluding tert-OH is 1. The Balaban J connectivity index is 2.16. The average Bonchev–Trinajstić information content (AvgIpc) is 2.46. The Morgan fingerprint density at radius 3 is 2.80 bits per heavy atom. The smallest absolute Gasteiger partial charge is 0.125 e. The van der Waals surface area contributed by atoms with E-state index in [2.05, 4.69) is 6.07 Å². The minimum Gasteiger partial charge on any atom is -0.489 e. The van der Waals surface area contributed by atoms with Gasteiger partial charge in [-0.2, -0.15) is 5.26 Å². The van der Waals surface area contributed by atoms with Gasteiger partial charge in [0.05, 0.1) is 17.7 Å². The highest BCUT2D eigenvalue weighted by atomic mass is 19.1. The maximum atomic E-state index is 13.2. The summed E-state index contributed by atoms with van der Waals surface area (Å²) in [6.07, 6.45) is -0.814. The first kappa shape index (κ1) is 14.0. The fourth-order valence-corrected chi connectivity index (χ4v) is 1.87. The van der Waals surface area contributed by atoms with Crippen LogP contribution in [0.2, 0.25) is 0 Å². The molecule has 20 heavy (non-hydrogen) atoms. The van der Waals surface area contributed by atoms with Crippen LogP contribution in [0.15, 0.2) is 42.5 Å². The molecule has 4 heteroatoms. The molecule has 0 saturated carbocycles. The molecule has 0 fully saturated rings. The second-order valence-electron chi connectivity index (χ2n) is 4.46. The average molecular weight is 271 g/mol. The first-order chi connectivity index (χ1) is 9.60. The van der Waals surface area contributed by atoms with E-state index in [1.54, 1.807) is 25.1 Å². The van der Waals surface area contributed by atoms with E-state index in [0.717, 1.165) is 5.56 Å². The molecule has 0 unspecified atom stereocenters. The third-order valence-corrected chi connectivity index (χ3v) is 2.87. The summed E-state index contributed by atoms with van der Waals surface area (Å²) in [6, 6.07) is 13.1. The summed E-state index contributed by atoms with van der Waals surface area (Å²) in [5.74, 6) is 0.0171. The Morgan fingerprint density at radius 2 is 2.10 bits per heavy atom. The second kappa shape index (κ2) is 6.18. The molecule has 0 saturated heterocycles. The number of rotatable bonds is 4. The summed E-state index contributed by atoms with van der Waals surface area (Å²) < 4.78 is 18.8. The van der Waals surface area contributed by atoms with Crippen LogP contribution in [0.4, 0.5) is 4.39 Å². The van der Waals surface area contributed by atoms with Gasteiger partial charge in [-0.15, -0.1) is 0 Å². The van der Waals surface area contributed by atoms with Crippen molar-refractivity contribution in [2.24, 2.45) is 0 Å². The van der Waals surface area contributed by atoms with E-state index in [4.69, 9.17) is 10.00 Å². The largest absolute Gasteiger partial charge is 0.489 e. The molecular formula is C16H14FNO2. The van der Waals surface area contributed by atoms with E-state index in [0.29, 0.717) is 16.9 Å². The summed E-state index contributed by atoms with van der Waals surface area (Å²) in [5, 5.41) is 18.4. The molecule has 0 aliphatic heterocycles. The number of hydrogen-bond donors (Lipinski definition) is 1. The van der Waals surface area contributed by atoms with Crippen LogP contribution in [0.5, 0.6) is 5.75 Å². The SMILES string of the molecule is C[C@H](O)c1cc(F)ccc1OCc1cccc(C#N)c1. The number of aliphatic hydroxyl groups is 1. The third-order valence-electron chi connectivity index (χ3n) is 2.87. The molecule has 0 radical (unpaired) electrons. The van der Waals surface area contributed by atoms with Crippen molar-refractivity contribution in [3.8, 4) is 11.8 Å². The lowest BCUT2D eigenvalue weighted by Crippen LogP contribution is -2.01. The zero-order chi connectivity index (χ0) is 14.5. The molecule has 2 aromatic rings. The quantitative estimate of drug-likeness (QED) is 0.928. The molecule has 2 rings (SSSR count). The van der Waals surface area contributed by atoms with E-state index in [1.807, 2.05) is 6.07 Å². The summed E-state index contributed by atoms with van der Waals surface area (Å²) in [5.41, 5.74) is 1.80. The van der Waals surface area contributed by atoms with Gasteiger partial charge in [0.1, 0.15) is 18.2 Å². The lowest BCUT2D eigenvalue weighted by molar-refractivity contribution is 0.189. The van der Waals surface area contributed by atoms with Crippen LogP contribution < -0.4 is 4.74 Å². The molecule has 0 heterocycles. The van der Waals surface area contributed by atoms with Crippen molar-refractivity contribution in [2.75, 3.05) is 0 Å². The Labute approximate surface area is 116 Å². The molecule has 0 amide bonds. The van der Waals surface area contributed by atoms with Gasteiger partial charge in [-0.25, -0.2) is 4.39 Å². The lowest BCUT2D eigenvalue weighted by Gasteiger charge is -2.13. The van der Waals surface area contributed by atoms with Crippen molar-refractivity contribution in [3.05, 3.63) is 65.0 Å². The zero-order valence-corrected chi connectivity index (χ0v) is 11.0. The zero-order valence-electron chi connectivity index (χ0n) is 11.0. The second-order valence-corrected chi connectivity index (χ2v) is 4.46. The number of halogens is 1. The highest BCUT2D eigenvalue weighted by molar-refractivity contribution is 5.36. The lowest BCUT2D eigenvalue weighted by atomic mass is 10.1. The standard InChI is InChI=1S/C16H14FNO2/c1-11(19)15-8-14(17)5-6-16(15)20-10-13-4-2-3-12(7-13)9-18/h2-8,11,19H,10H2,1H3/t11-/m0/s1. The van der Waals surface area contributed by atoms with Gasteiger partial charge in [-0.1, -0.05) is 12.1 Å². The first-order valence-electron chi connectivity index (χ1n) is 6.19. The van der Waals surface area contributed by atoms with Gasteiger partial charge in [0.15, 0.2) is 0 Å². The van der Waals surface area contributed by atoms with E-state index < -0.39 is 11.9 Å². The van der Waals surface area contributed by atoms with Crippen LogP contribution in [0.1, 0.15) is 29.7 Å². The van der Waals surface area contributed by atoms with Crippen LogP contribution in [0.25, 0.3) is 0 Å². The highest BCUT2D eigenvalue weighted by Gasteiger charge is 2.10. The van der Waals surface area contributed by atoms with Gasteiger partial charge in [0.2, 0.25) is 0 Å². The number of benzene rings is 2. The Bertz CT molecular complexity index is 647. The van der Waals surface area contributed by atoms with Crippen molar-refractivity contribution in [3.63, 3.8) is 0 Å². The van der Waals surface area contributed by atoms with Crippen molar-refractivity contribution < 1.29 is 14.2 Å². The summed E-state index contributed by atoms with van der Waals surface area (Å²) >= 11 is 0. The molecule has 0 aliphatic rings. The van der Waals surface area contributed by atoms with Crippen molar-refractivity contribution in [1.29, 1.82) is 5.26 Å². The number of ether oxygens (including phenoxy) is 1. The molecule has 102 valence electrons. The van der Waals surface area contributed by atoms with E-state index in [1.165, 1.54) is 18.2 Å². The van der Waals surface area contributed by atoms with Gasteiger partial charge in [-0.3, -0.25) is 0 Å². The molecule has 0 spiro atoms. The highest BCUT2D eigenvalue weighted by Crippen LogP contribution is 2.26. The molecular weight excluding hydrogens is 257 g/mol. The number of hydrogen-bond acceptors (Lipinski definition) is 3. The predicted molar refractivity (Wildman–Crippen MR) is 72.5 cm³/mol. The monoisotopic (exact) mass is 271 g/mol. The molecule has 0 aromatic heterocycles. The van der Waals surface area contributed by atoms with Crippen LogP contribution in [0, 0.1) is 17.1 Å². The van der Waals surface area contributed by atoms with Crippen LogP contribution >= 0.6 is 0 Å². The van der Waals surface area contributed by atoms with Gasteiger partial charge in [-0.05, 0) is 42.8 Å². The maximum absolute atomic E-state index is 13.2. The van der Waals surface area contributed by atoms with Crippen molar-refractivity contribution in [2.45, 2.75) is 19.6 Å². The molecule has 0 bridgehead atoms. The molecule has 0 aliphatic carbocycles. The molecule has 1 N–H and O–H groups in total. The summed E-state index contributed by atoms with van der Waals surface area (Å²) in [6.45, 7) is 1.80. The van der Waals surface area contributed by atoms with Crippen molar-refractivity contribution >= 4 is 0 Å². The molecule has 3 nitrogen and oxygen atoms in total. The molecule has 2 aromatic carbocycles. The van der Waals surface area contributed by atoms with E-state index in [9.17, 15) is 9.50 Å². The van der Waals surface area contributed by atoms with Gasteiger partial charge in [0.25, 0.3) is 0 Å². The predicted octanol–water partition coefficient (Wildman–Crippen LogP) is 3.33. The van der Waals surface area contributed by atoms with Gasteiger partial charge >= 0.3 is 0 Å². The number of nitrogens with zero attached hydrogens (tertiary/aromatic N) is 1. The summed E-state index contributed by atoms with van der Waals surface area (Å²) in [4.78, 5) is 0. The molecule has 1 atom stereocenters. The van der Waals surface area contributed by atoms with Crippen LogP contribution in [0.3, 0.4) is 0 Å². The fraction of sp³-hybridized carbons (Fsp3) is 0.188. The Hall–Kier alpha value is -2.38. The van der Waals surface area contributed by atoms with E-state index in [-0.39, 0.29) is 6.61 Å². The topological polar surface area (TPSA) is 53.2 Å². The Morgan fingerprint density at radius 1 is 1.30 bits per heavy atom. The normalized spacial score (nSPS) is 11.7. The summed E-state index contributed by atoms with van der Waals surface area (Å²) in [7, 11) is 0. The maximum Gasteiger partial charge on any atom is 0.125 e. The minimum absolute atomic E-state index is 0.251. The number of nitriles is 1. The minimum atomic E-state index is -0.814. The fourth-order valence-electron chi connectivity index (χ4n) is 1.87. The van der Waals surface area contributed by atoms with Gasteiger partial charge in [0, 0.05) is 5.56 Å². The van der Waals surface area contributed by atoms with Crippen LogP contribution in [-0.4, -0.2) is 5.11 Å². The first-order valence-corrected chi connectivity index (χ1v) is 6.19. The van der Waals surface area contributed by atoms with Crippen LogP contribution in [-0.2, 0) is 6.61 Å². The van der Waals surface area contributed by atoms with Crippen molar-refractivity contribution in [1.82, 2.24) is 0 Å². The Kier molecular flexibility index (Phi) is 4.34. The van der Waals surface area contributed by atoms with Gasteiger partial charge < -0.3 is 9.84 Å². The third kappa shape index (κ3) is 3.34. The van der Waals surface area contributed by atoms with E-state index >= 15 is 0 Å².